The Hall–Kier alpha value is -1.50. The average molecular weight is 262 g/mol. The molecule has 0 aliphatic heterocycles. The van der Waals surface area contributed by atoms with Gasteiger partial charge in [-0.2, -0.15) is 0 Å². The van der Waals surface area contributed by atoms with Gasteiger partial charge in [0.05, 0.1) is 19.3 Å². The maximum atomic E-state index is 8.72. The number of hydrogen-bond donors (Lipinski definition) is 1. The van der Waals surface area contributed by atoms with Gasteiger partial charge in [-0.1, -0.05) is 18.8 Å². The van der Waals surface area contributed by atoms with Crippen molar-refractivity contribution < 1.29 is 14.6 Å². The number of methoxy groups -OCH3 is 1. The number of aliphatic hydroxyl groups is 1. The largest absolute Gasteiger partial charge is 0.496 e. The van der Waals surface area contributed by atoms with E-state index in [0.717, 1.165) is 23.3 Å². The highest BCUT2D eigenvalue weighted by atomic mass is 16.5. The van der Waals surface area contributed by atoms with Crippen LogP contribution in [0.1, 0.15) is 38.3 Å². The van der Waals surface area contributed by atoms with Gasteiger partial charge in [0.1, 0.15) is 12.4 Å². The third-order valence-electron chi connectivity index (χ3n) is 3.06. The van der Waals surface area contributed by atoms with Crippen LogP contribution in [-0.4, -0.2) is 24.4 Å². The molecule has 0 atom stereocenters. The van der Waals surface area contributed by atoms with Crippen molar-refractivity contribution in [3.05, 3.63) is 29.3 Å². The fourth-order valence-electron chi connectivity index (χ4n) is 1.49. The van der Waals surface area contributed by atoms with Gasteiger partial charge in [0.25, 0.3) is 0 Å². The molecule has 0 radical (unpaired) electrons. The van der Waals surface area contributed by atoms with Crippen LogP contribution >= 0.6 is 0 Å². The van der Waals surface area contributed by atoms with E-state index < -0.39 is 0 Å². The summed E-state index contributed by atoms with van der Waals surface area (Å²) in [4.78, 5) is 0. The van der Waals surface area contributed by atoms with Gasteiger partial charge in [-0.15, -0.1) is 0 Å². The predicted octanol–water partition coefficient (Wildman–Crippen LogP) is 2.74. The highest BCUT2D eigenvalue weighted by Crippen LogP contribution is 2.24. The summed E-state index contributed by atoms with van der Waals surface area (Å²) in [6.45, 7) is 6.57. The minimum atomic E-state index is -0.155. The third-order valence-corrected chi connectivity index (χ3v) is 3.06. The monoisotopic (exact) mass is 262 g/mol. The van der Waals surface area contributed by atoms with Gasteiger partial charge in [0.15, 0.2) is 0 Å². The molecule has 104 valence electrons. The van der Waals surface area contributed by atoms with E-state index in [2.05, 4.69) is 32.6 Å². The van der Waals surface area contributed by atoms with Gasteiger partial charge in [-0.25, -0.2) is 0 Å². The molecule has 1 N–H and O–H groups in total. The van der Waals surface area contributed by atoms with E-state index in [1.807, 2.05) is 18.2 Å². The molecule has 0 saturated carbocycles. The highest BCUT2D eigenvalue weighted by molar-refractivity contribution is 5.44. The highest BCUT2D eigenvalue weighted by Gasteiger charge is 2.16. The van der Waals surface area contributed by atoms with Crippen molar-refractivity contribution in [1.29, 1.82) is 0 Å². The molecule has 0 spiro atoms. The van der Waals surface area contributed by atoms with E-state index in [1.165, 1.54) is 0 Å². The summed E-state index contributed by atoms with van der Waals surface area (Å²) in [6.07, 6.45) is 0.944. The molecule has 3 heteroatoms. The van der Waals surface area contributed by atoms with Gasteiger partial charge < -0.3 is 14.6 Å². The summed E-state index contributed by atoms with van der Waals surface area (Å²) in [6, 6.07) is 5.68. The third kappa shape index (κ3) is 4.94. The maximum absolute atomic E-state index is 8.72. The second-order valence-corrected chi connectivity index (χ2v) is 4.89. The van der Waals surface area contributed by atoms with Crippen LogP contribution in [0.5, 0.6) is 5.75 Å². The number of hydrogen-bond acceptors (Lipinski definition) is 3. The Balaban J connectivity index is 2.90. The molecule has 0 fully saturated rings. The van der Waals surface area contributed by atoms with Crippen molar-refractivity contribution in [3.63, 3.8) is 0 Å². The molecule has 0 unspecified atom stereocenters. The molecule has 0 amide bonds. The molecule has 0 aliphatic carbocycles. The fraction of sp³-hybridized carbons (Fsp3) is 0.500. The lowest BCUT2D eigenvalue weighted by Gasteiger charge is -2.24. The lowest BCUT2D eigenvalue weighted by Crippen LogP contribution is -2.22. The predicted molar refractivity (Wildman–Crippen MR) is 76.1 cm³/mol. The minimum absolute atomic E-state index is 0.138. The summed E-state index contributed by atoms with van der Waals surface area (Å²) in [7, 11) is 1.64. The molecule has 1 rings (SSSR count). The Morgan fingerprint density at radius 2 is 2.05 bits per heavy atom. The first kappa shape index (κ1) is 15.6. The Labute approximate surface area is 115 Å². The zero-order chi connectivity index (χ0) is 14.3. The molecule has 0 heterocycles. The van der Waals surface area contributed by atoms with Gasteiger partial charge in [0, 0.05) is 11.1 Å². The van der Waals surface area contributed by atoms with Crippen LogP contribution in [0.15, 0.2) is 18.2 Å². The van der Waals surface area contributed by atoms with Gasteiger partial charge in [-0.3, -0.25) is 0 Å². The van der Waals surface area contributed by atoms with Crippen LogP contribution in [0.4, 0.5) is 0 Å². The fourth-order valence-corrected chi connectivity index (χ4v) is 1.49. The molecule has 3 nitrogen and oxygen atoms in total. The second-order valence-electron chi connectivity index (χ2n) is 4.89. The van der Waals surface area contributed by atoms with Gasteiger partial charge in [0.2, 0.25) is 0 Å². The molecule has 0 saturated heterocycles. The molecule has 0 aliphatic rings. The van der Waals surface area contributed by atoms with E-state index in [1.54, 1.807) is 7.11 Å². The first-order chi connectivity index (χ1) is 9.02. The Bertz CT molecular complexity index is 467. The summed E-state index contributed by atoms with van der Waals surface area (Å²) < 4.78 is 11.2. The second kappa shape index (κ2) is 7.18. The number of benzene rings is 1. The van der Waals surface area contributed by atoms with Crippen molar-refractivity contribution in [2.75, 3.05) is 13.7 Å². The SMILES string of the molecule is CCC(C)(C)OCc1cc(C#CCO)ccc1OC. The smallest absolute Gasteiger partial charge is 0.124 e. The van der Waals surface area contributed by atoms with Gasteiger partial charge in [-0.05, 0) is 38.5 Å². The van der Waals surface area contributed by atoms with Crippen molar-refractivity contribution in [3.8, 4) is 17.6 Å². The molecule has 1 aromatic rings. The zero-order valence-corrected chi connectivity index (χ0v) is 12.1. The van der Waals surface area contributed by atoms with Crippen LogP contribution in [0.25, 0.3) is 0 Å². The van der Waals surface area contributed by atoms with Crippen molar-refractivity contribution in [1.82, 2.24) is 0 Å². The zero-order valence-electron chi connectivity index (χ0n) is 12.1. The van der Waals surface area contributed by atoms with Crippen LogP contribution in [0.3, 0.4) is 0 Å². The normalized spacial score (nSPS) is 10.8. The Morgan fingerprint density at radius 1 is 1.32 bits per heavy atom. The molecular formula is C16H22O3. The van der Waals surface area contributed by atoms with Crippen LogP contribution < -0.4 is 4.74 Å². The van der Waals surface area contributed by atoms with Crippen LogP contribution in [-0.2, 0) is 11.3 Å². The van der Waals surface area contributed by atoms with E-state index in [0.29, 0.717) is 6.61 Å². The molecule has 19 heavy (non-hydrogen) atoms. The van der Waals surface area contributed by atoms with Crippen molar-refractivity contribution in [2.45, 2.75) is 39.4 Å². The Morgan fingerprint density at radius 3 is 2.63 bits per heavy atom. The lowest BCUT2D eigenvalue weighted by molar-refractivity contribution is -0.0322. The quantitative estimate of drug-likeness (QED) is 0.829. The summed E-state index contributed by atoms with van der Waals surface area (Å²) in [5.41, 5.74) is 1.66. The molecule has 0 aromatic heterocycles. The number of aliphatic hydroxyl groups excluding tert-OH is 1. The van der Waals surface area contributed by atoms with Crippen LogP contribution in [0.2, 0.25) is 0 Å². The standard InChI is InChI=1S/C16H22O3/c1-5-16(2,3)19-12-14-11-13(7-6-10-17)8-9-15(14)18-4/h8-9,11,17H,5,10,12H2,1-4H3. The van der Waals surface area contributed by atoms with E-state index in [-0.39, 0.29) is 12.2 Å². The van der Waals surface area contributed by atoms with E-state index in [4.69, 9.17) is 14.6 Å². The van der Waals surface area contributed by atoms with E-state index >= 15 is 0 Å². The first-order valence-corrected chi connectivity index (χ1v) is 6.43. The average Bonchev–Trinajstić information content (AvgIpc) is 2.43. The first-order valence-electron chi connectivity index (χ1n) is 6.43. The van der Waals surface area contributed by atoms with E-state index in [9.17, 15) is 0 Å². The molecular weight excluding hydrogens is 240 g/mol. The lowest BCUT2D eigenvalue weighted by atomic mass is 10.1. The van der Waals surface area contributed by atoms with Crippen molar-refractivity contribution in [2.24, 2.45) is 0 Å². The summed E-state index contributed by atoms with van der Waals surface area (Å²) >= 11 is 0. The topological polar surface area (TPSA) is 38.7 Å². The summed E-state index contributed by atoms with van der Waals surface area (Å²) in [5.74, 6) is 6.32. The van der Waals surface area contributed by atoms with Gasteiger partial charge >= 0.3 is 0 Å². The number of ether oxygens (including phenoxy) is 2. The summed E-state index contributed by atoms with van der Waals surface area (Å²) in [5, 5.41) is 8.72. The van der Waals surface area contributed by atoms with Crippen LogP contribution in [0, 0.1) is 11.8 Å². The maximum Gasteiger partial charge on any atom is 0.124 e. The Kier molecular flexibility index (Phi) is 5.88. The molecule has 1 aromatic carbocycles. The molecule has 0 bridgehead atoms. The number of rotatable bonds is 5. The minimum Gasteiger partial charge on any atom is -0.496 e. The van der Waals surface area contributed by atoms with Crippen molar-refractivity contribution >= 4 is 0 Å².